The van der Waals surface area contributed by atoms with Crippen molar-refractivity contribution in [3.63, 3.8) is 0 Å². The highest BCUT2D eigenvalue weighted by Crippen LogP contribution is 2.36. The molecule has 0 radical (unpaired) electrons. The molecule has 122 valence electrons. The van der Waals surface area contributed by atoms with Crippen molar-refractivity contribution < 1.29 is 4.74 Å². The molecule has 5 nitrogen and oxygen atoms in total. The summed E-state index contributed by atoms with van der Waals surface area (Å²) in [5.74, 6) is 0.698. The zero-order valence-corrected chi connectivity index (χ0v) is 14.0. The number of aromatic nitrogens is 2. The number of anilines is 1. The molecule has 4 heterocycles. The summed E-state index contributed by atoms with van der Waals surface area (Å²) in [5, 5.41) is 7.81. The lowest BCUT2D eigenvalue weighted by molar-refractivity contribution is -0.0532. The SMILES string of the molecule is c1cnc(N[C@H]2CO[C@]3(CCCN(Cc4ccsc4)C3)C2)nc1. The minimum Gasteiger partial charge on any atom is -0.371 e. The van der Waals surface area contributed by atoms with Gasteiger partial charge < -0.3 is 10.1 Å². The maximum absolute atomic E-state index is 6.26. The van der Waals surface area contributed by atoms with Gasteiger partial charge in [-0.2, -0.15) is 11.3 Å². The van der Waals surface area contributed by atoms with Crippen LogP contribution in [0.15, 0.2) is 35.3 Å². The lowest BCUT2D eigenvalue weighted by Crippen LogP contribution is -2.47. The molecule has 2 aromatic rings. The average molecular weight is 330 g/mol. The van der Waals surface area contributed by atoms with Gasteiger partial charge in [-0.25, -0.2) is 9.97 Å². The van der Waals surface area contributed by atoms with Crippen molar-refractivity contribution >= 4 is 17.3 Å². The van der Waals surface area contributed by atoms with Crippen LogP contribution in [0.25, 0.3) is 0 Å². The first-order valence-electron chi connectivity index (χ1n) is 8.22. The Kier molecular flexibility index (Phi) is 4.29. The van der Waals surface area contributed by atoms with Crippen molar-refractivity contribution in [3.8, 4) is 0 Å². The molecular formula is C17H22N4OS. The van der Waals surface area contributed by atoms with E-state index in [1.165, 1.54) is 18.5 Å². The minimum absolute atomic E-state index is 0.000713. The molecule has 2 aromatic heterocycles. The van der Waals surface area contributed by atoms with E-state index >= 15 is 0 Å². The van der Waals surface area contributed by atoms with E-state index in [1.807, 2.05) is 6.07 Å². The quantitative estimate of drug-likeness (QED) is 0.934. The molecule has 0 saturated carbocycles. The second-order valence-corrected chi connectivity index (χ2v) is 7.34. The Balaban J connectivity index is 1.37. The molecule has 2 saturated heterocycles. The normalized spacial score (nSPS) is 28.3. The molecule has 4 rings (SSSR count). The molecular weight excluding hydrogens is 308 g/mol. The fraction of sp³-hybridized carbons (Fsp3) is 0.529. The van der Waals surface area contributed by atoms with Crippen LogP contribution >= 0.6 is 11.3 Å². The molecule has 1 spiro atoms. The molecule has 1 N–H and O–H groups in total. The third-order valence-electron chi connectivity index (χ3n) is 4.71. The van der Waals surface area contributed by atoms with E-state index in [0.29, 0.717) is 12.0 Å². The summed E-state index contributed by atoms with van der Waals surface area (Å²) in [6, 6.07) is 4.36. The van der Waals surface area contributed by atoms with Crippen molar-refractivity contribution in [1.29, 1.82) is 0 Å². The molecule has 2 atom stereocenters. The lowest BCUT2D eigenvalue weighted by Gasteiger charge is -2.39. The molecule has 2 aliphatic rings. The van der Waals surface area contributed by atoms with Gasteiger partial charge in [0.1, 0.15) is 0 Å². The number of hydrogen-bond acceptors (Lipinski definition) is 6. The largest absolute Gasteiger partial charge is 0.371 e. The number of piperidine rings is 1. The Morgan fingerprint density at radius 2 is 2.30 bits per heavy atom. The van der Waals surface area contributed by atoms with Crippen molar-refractivity contribution in [2.24, 2.45) is 0 Å². The van der Waals surface area contributed by atoms with E-state index in [2.05, 4.69) is 37.0 Å². The van der Waals surface area contributed by atoms with Crippen LogP contribution < -0.4 is 5.32 Å². The number of thiophene rings is 1. The van der Waals surface area contributed by atoms with Crippen molar-refractivity contribution in [2.75, 3.05) is 25.0 Å². The summed E-state index contributed by atoms with van der Waals surface area (Å²) in [6.45, 7) is 3.97. The van der Waals surface area contributed by atoms with Gasteiger partial charge in [-0.1, -0.05) is 0 Å². The molecule has 0 bridgehead atoms. The second kappa shape index (κ2) is 6.55. The van der Waals surface area contributed by atoms with Crippen molar-refractivity contribution in [2.45, 2.75) is 37.5 Å². The molecule has 2 fully saturated rings. The smallest absolute Gasteiger partial charge is 0.222 e. The number of hydrogen-bond donors (Lipinski definition) is 1. The topological polar surface area (TPSA) is 50.3 Å². The van der Waals surface area contributed by atoms with Gasteiger partial charge in [0.15, 0.2) is 0 Å². The van der Waals surface area contributed by atoms with Gasteiger partial charge in [0.05, 0.1) is 18.2 Å². The summed E-state index contributed by atoms with van der Waals surface area (Å²) < 4.78 is 6.26. The first kappa shape index (κ1) is 15.1. The van der Waals surface area contributed by atoms with E-state index in [1.54, 1.807) is 23.7 Å². The van der Waals surface area contributed by atoms with Crippen LogP contribution in [0, 0.1) is 0 Å². The van der Waals surface area contributed by atoms with Gasteiger partial charge >= 0.3 is 0 Å². The van der Waals surface area contributed by atoms with Gasteiger partial charge in [-0.05, 0) is 47.8 Å². The number of ether oxygens (including phenoxy) is 1. The Morgan fingerprint density at radius 1 is 1.39 bits per heavy atom. The third kappa shape index (κ3) is 3.54. The second-order valence-electron chi connectivity index (χ2n) is 6.56. The highest BCUT2D eigenvalue weighted by atomic mass is 32.1. The minimum atomic E-state index is 0.000713. The average Bonchev–Trinajstić information content (AvgIpc) is 3.19. The first-order valence-corrected chi connectivity index (χ1v) is 9.17. The van der Waals surface area contributed by atoms with Crippen LogP contribution in [0.3, 0.4) is 0 Å². The summed E-state index contributed by atoms with van der Waals surface area (Å²) in [7, 11) is 0. The van der Waals surface area contributed by atoms with E-state index in [4.69, 9.17) is 4.74 Å². The Morgan fingerprint density at radius 3 is 3.13 bits per heavy atom. The number of nitrogens with one attached hydrogen (secondary N) is 1. The molecule has 0 unspecified atom stereocenters. The molecule has 6 heteroatoms. The Labute approximate surface area is 140 Å². The van der Waals surface area contributed by atoms with Crippen LogP contribution in [-0.2, 0) is 11.3 Å². The zero-order chi connectivity index (χ0) is 15.5. The monoisotopic (exact) mass is 330 g/mol. The van der Waals surface area contributed by atoms with E-state index < -0.39 is 0 Å². The highest BCUT2D eigenvalue weighted by Gasteiger charge is 2.43. The van der Waals surface area contributed by atoms with E-state index in [-0.39, 0.29) is 5.60 Å². The third-order valence-corrected chi connectivity index (χ3v) is 5.44. The molecule has 2 aliphatic heterocycles. The molecule has 0 aliphatic carbocycles. The predicted molar refractivity (Wildman–Crippen MR) is 91.6 cm³/mol. The first-order chi connectivity index (χ1) is 11.3. The van der Waals surface area contributed by atoms with Crippen LogP contribution in [0.2, 0.25) is 0 Å². The number of rotatable bonds is 4. The summed E-state index contributed by atoms with van der Waals surface area (Å²) in [4.78, 5) is 11.0. The molecule has 0 aromatic carbocycles. The maximum atomic E-state index is 6.26. The molecule has 0 amide bonds. The van der Waals surface area contributed by atoms with E-state index in [0.717, 1.165) is 32.5 Å². The lowest BCUT2D eigenvalue weighted by atomic mass is 9.88. The fourth-order valence-corrected chi connectivity index (χ4v) is 4.40. The zero-order valence-electron chi connectivity index (χ0n) is 13.1. The maximum Gasteiger partial charge on any atom is 0.222 e. The van der Waals surface area contributed by atoms with Crippen molar-refractivity contribution in [1.82, 2.24) is 14.9 Å². The Bertz CT molecular complexity index is 621. The van der Waals surface area contributed by atoms with Crippen LogP contribution in [0.5, 0.6) is 0 Å². The van der Waals surface area contributed by atoms with E-state index in [9.17, 15) is 0 Å². The Hall–Kier alpha value is -1.50. The summed E-state index contributed by atoms with van der Waals surface area (Å²) in [5.41, 5.74) is 1.41. The summed E-state index contributed by atoms with van der Waals surface area (Å²) >= 11 is 1.77. The standard InChI is InChI=1S/C17H22N4OS/c1-4-17(13-21(7-1)10-14-3-8-23-12-14)9-15(11-22-17)20-16-18-5-2-6-19-16/h2-3,5-6,8,12,15H,1,4,7,9-11,13H2,(H,18,19,20)/t15-,17-/m1/s1. The number of nitrogens with zero attached hydrogens (tertiary/aromatic N) is 3. The van der Waals surface area contributed by atoms with Crippen LogP contribution in [0.1, 0.15) is 24.8 Å². The van der Waals surface area contributed by atoms with Gasteiger partial charge in [0, 0.05) is 31.9 Å². The van der Waals surface area contributed by atoms with Crippen molar-refractivity contribution in [3.05, 3.63) is 40.8 Å². The van der Waals surface area contributed by atoms with Crippen LogP contribution in [-0.4, -0.2) is 46.2 Å². The highest BCUT2D eigenvalue weighted by molar-refractivity contribution is 7.07. The summed E-state index contributed by atoms with van der Waals surface area (Å²) in [6.07, 6.45) is 6.93. The van der Waals surface area contributed by atoms with Gasteiger partial charge in [-0.15, -0.1) is 0 Å². The predicted octanol–water partition coefficient (Wildman–Crippen LogP) is 2.77. The van der Waals surface area contributed by atoms with Gasteiger partial charge in [0.2, 0.25) is 5.95 Å². The number of likely N-dealkylation sites (tertiary alicyclic amines) is 1. The van der Waals surface area contributed by atoms with Crippen LogP contribution in [0.4, 0.5) is 5.95 Å². The molecule has 23 heavy (non-hydrogen) atoms. The fourth-order valence-electron chi connectivity index (χ4n) is 3.74. The van der Waals surface area contributed by atoms with Gasteiger partial charge in [-0.3, -0.25) is 4.90 Å². The van der Waals surface area contributed by atoms with Gasteiger partial charge in [0.25, 0.3) is 0 Å².